The summed E-state index contributed by atoms with van der Waals surface area (Å²) >= 11 is 0. The highest BCUT2D eigenvalue weighted by Gasteiger charge is 2.41. The Morgan fingerprint density at radius 1 is 1.14 bits per heavy atom. The van der Waals surface area contributed by atoms with E-state index >= 15 is 0 Å². The predicted octanol–water partition coefficient (Wildman–Crippen LogP) is 3.50. The van der Waals surface area contributed by atoms with Crippen molar-refractivity contribution in [2.24, 2.45) is 0 Å². The summed E-state index contributed by atoms with van der Waals surface area (Å²) in [4.78, 5) is 19.6. The van der Waals surface area contributed by atoms with Gasteiger partial charge in [-0.15, -0.1) is 0 Å². The van der Waals surface area contributed by atoms with Gasteiger partial charge in [0.15, 0.2) is 0 Å². The molecule has 0 N–H and O–H groups in total. The first-order valence-electron chi connectivity index (χ1n) is 10.6. The first-order valence-corrected chi connectivity index (χ1v) is 10.6. The summed E-state index contributed by atoms with van der Waals surface area (Å²) in [7, 11) is 1.83. The van der Waals surface area contributed by atoms with Gasteiger partial charge in [0.1, 0.15) is 5.54 Å². The second-order valence-electron chi connectivity index (χ2n) is 8.52. The van der Waals surface area contributed by atoms with E-state index in [0.717, 1.165) is 51.9 Å². The molecular formula is C23H34N4O. The van der Waals surface area contributed by atoms with Gasteiger partial charge < -0.3 is 9.80 Å². The SMILES string of the molecule is Cc1cccc(N2CCN([C@@H](C)C(=O)N(C)C3(C#N)CCCCC3)CC2)c1C. The van der Waals surface area contributed by atoms with E-state index < -0.39 is 5.54 Å². The molecule has 0 bridgehead atoms. The van der Waals surface area contributed by atoms with Gasteiger partial charge in [-0.3, -0.25) is 9.69 Å². The van der Waals surface area contributed by atoms with Crippen molar-refractivity contribution in [1.29, 1.82) is 5.26 Å². The van der Waals surface area contributed by atoms with Crippen LogP contribution in [-0.4, -0.2) is 60.5 Å². The van der Waals surface area contributed by atoms with Gasteiger partial charge in [-0.2, -0.15) is 5.26 Å². The van der Waals surface area contributed by atoms with E-state index in [0.29, 0.717) is 0 Å². The molecule has 1 aliphatic carbocycles. The third-order valence-corrected chi connectivity index (χ3v) is 7.00. The van der Waals surface area contributed by atoms with E-state index in [-0.39, 0.29) is 11.9 Å². The molecule has 1 saturated heterocycles. The predicted molar refractivity (Wildman–Crippen MR) is 113 cm³/mol. The van der Waals surface area contributed by atoms with Crippen molar-refractivity contribution < 1.29 is 4.79 Å². The van der Waals surface area contributed by atoms with Crippen LogP contribution in [0.2, 0.25) is 0 Å². The summed E-state index contributed by atoms with van der Waals surface area (Å²) in [6.45, 7) is 9.93. The fraction of sp³-hybridized carbons (Fsp3) is 0.652. The number of nitrogens with zero attached hydrogens (tertiary/aromatic N) is 4. The Balaban J connectivity index is 1.63. The fourth-order valence-electron chi connectivity index (χ4n) is 4.73. The van der Waals surface area contributed by atoms with Gasteiger partial charge >= 0.3 is 0 Å². The van der Waals surface area contributed by atoms with Gasteiger partial charge in [-0.05, 0) is 50.8 Å². The number of carbonyl (C=O) groups excluding carboxylic acids is 1. The minimum Gasteiger partial charge on any atom is -0.369 e. The molecule has 1 aromatic rings. The largest absolute Gasteiger partial charge is 0.369 e. The molecule has 1 heterocycles. The highest BCUT2D eigenvalue weighted by molar-refractivity contribution is 5.82. The van der Waals surface area contributed by atoms with Crippen LogP contribution in [0.25, 0.3) is 0 Å². The standard InChI is InChI=1S/C23H34N4O/c1-18-9-8-10-21(19(18)2)27-15-13-26(14-16-27)20(3)22(28)25(4)23(17-24)11-6-5-7-12-23/h8-10,20H,5-7,11-16H2,1-4H3/t20-/m0/s1. The minimum atomic E-state index is -0.607. The van der Waals surface area contributed by atoms with Gasteiger partial charge in [0.2, 0.25) is 5.91 Å². The maximum Gasteiger partial charge on any atom is 0.240 e. The lowest BCUT2D eigenvalue weighted by molar-refractivity contribution is -0.140. The number of piperazine rings is 1. The first-order chi connectivity index (χ1) is 13.4. The van der Waals surface area contributed by atoms with E-state index in [1.807, 2.05) is 14.0 Å². The molecule has 5 nitrogen and oxygen atoms in total. The second-order valence-corrected chi connectivity index (χ2v) is 8.52. The number of anilines is 1. The Hall–Kier alpha value is -2.06. The Morgan fingerprint density at radius 2 is 1.79 bits per heavy atom. The van der Waals surface area contributed by atoms with Gasteiger partial charge in [-0.25, -0.2) is 0 Å². The molecule has 152 valence electrons. The summed E-state index contributed by atoms with van der Waals surface area (Å²) in [6.07, 6.45) is 4.85. The van der Waals surface area contributed by atoms with Crippen LogP contribution in [0, 0.1) is 25.2 Å². The fourth-order valence-corrected chi connectivity index (χ4v) is 4.73. The highest BCUT2D eigenvalue weighted by Crippen LogP contribution is 2.33. The van der Waals surface area contributed by atoms with Crippen molar-refractivity contribution in [3.63, 3.8) is 0 Å². The maximum atomic E-state index is 13.2. The van der Waals surface area contributed by atoms with Gasteiger partial charge in [0.25, 0.3) is 0 Å². The van der Waals surface area contributed by atoms with Crippen LogP contribution in [0.15, 0.2) is 18.2 Å². The van der Waals surface area contributed by atoms with Crippen molar-refractivity contribution in [3.8, 4) is 6.07 Å². The third-order valence-electron chi connectivity index (χ3n) is 7.00. The molecular weight excluding hydrogens is 348 g/mol. The number of benzene rings is 1. The number of carbonyl (C=O) groups is 1. The Morgan fingerprint density at radius 3 is 2.39 bits per heavy atom. The minimum absolute atomic E-state index is 0.0867. The van der Waals surface area contributed by atoms with Crippen LogP contribution in [0.1, 0.15) is 50.2 Å². The van der Waals surface area contributed by atoms with Crippen LogP contribution in [0.5, 0.6) is 0 Å². The Bertz CT molecular complexity index is 739. The first kappa shape index (κ1) is 20.7. The summed E-state index contributed by atoms with van der Waals surface area (Å²) in [5.74, 6) is 0.0867. The summed E-state index contributed by atoms with van der Waals surface area (Å²) in [5.41, 5.74) is 3.36. The van der Waals surface area contributed by atoms with Crippen LogP contribution in [0.3, 0.4) is 0 Å². The molecule has 1 atom stereocenters. The van der Waals surface area contributed by atoms with Gasteiger partial charge in [0, 0.05) is 38.9 Å². The monoisotopic (exact) mass is 382 g/mol. The number of aryl methyl sites for hydroxylation is 1. The molecule has 2 aliphatic rings. The molecule has 1 aromatic carbocycles. The highest BCUT2D eigenvalue weighted by atomic mass is 16.2. The average Bonchev–Trinajstić information content (AvgIpc) is 2.74. The van der Waals surface area contributed by atoms with E-state index in [9.17, 15) is 10.1 Å². The Labute approximate surface area is 169 Å². The smallest absolute Gasteiger partial charge is 0.240 e. The number of hydrogen-bond donors (Lipinski definition) is 0. The van der Waals surface area contributed by atoms with Crippen LogP contribution in [-0.2, 0) is 4.79 Å². The molecule has 3 rings (SSSR count). The van der Waals surface area contributed by atoms with Gasteiger partial charge in [-0.1, -0.05) is 31.4 Å². The van der Waals surface area contributed by atoms with Crippen LogP contribution in [0.4, 0.5) is 5.69 Å². The molecule has 1 saturated carbocycles. The van der Waals surface area contributed by atoms with Crippen LogP contribution < -0.4 is 4.90 Å². The lowest BCUT2D eigenvalue weighted by atomic mass is 9.81. The van der Waals surface area contributed by atoms with Gasteiger partial charge in [0.05, 0.1) is 12.1 Å². The van der Waals surface area contributed by atoms with Crippen molar-refractivity contribution in [1.82, 2.24) is 9.80 Å². The molecule has 0 aromatic heterocycles. The number of rotatable bonds is 4. The maximum absolute atomic E-state index is 13.2. The topological polar surface area (TPSA) is 50.6 Å². The molecule has 1 amide bonds. The summed E-state index contributed by atoms with van der Waals surface area (Å²) in [6, 6.07) is 8.76. The summed E-state index contributed by atoms with van der Waals surface area (Å²) < 4.78 is 0. The van der Waals surface area contributed by atoms with E-state index in [1.165, 1.54) is 23.2 Å². The van der Waals surface area contributed by atoms with E-state index in [1.54, 1.807) is 4.90 Å². The van der Waals surface area contributed by atoms with E-state index in [4.69, 9.17) is 0 Å². The average molecular weight is 383 g/mol. The zero-order valence-corrected chi connectivity index (χ0v) is 17.9. The number of amides is 1. The molecule has 0 spiro atoms. The molecule has 2 fully saturated rings. The van der Waals surface area contributed by atoms with Crippen molar-refractivity contribution in [3.05, 3.63) is 29.3 Å². The molecule has 0 radical (unpaired) electrons. The number of hydrogen-bond acceptors (Lipinski definition) is 4. The van der Waals surface area contributed by atoms with Crippen molar-refractivity contribution >= 4 is 11.6 Å². The van der Waals surface area contributed by atoms with Crippen molar-refractivity contribution in [2.45, 2.75) is 64.5 Å². The van der Waals surface area contributed by atoms with Crippen molar-refractivity contribution in [2.75, 3.05) is 38.1 Å². The molecule has 5 heteroatoms. The number of likely N-dealkylation sites (N-methyl/N-ethyl adjacent to an activating group) is 1. The summed E-state index contributed by atoms with van der Waals surface area (Å²) in [5, 5.41) is 9.80. The molecule has 1 aliphatic heterocycles. The van der Waals surface area contributed by atoms with E-state index in [2.05, 4.69) is 47.9 Å². The Kier molecular flexibility index (Phi) is 6.30. The second kappa shape index (κ2) is 8.53. The quantitative estimate of drug-likeness (QED) is 0.800. The lowest BCUT2D eigenvalue weighted by Gasteiger charge is -2.43. The lowest BCUT2D eigenvalue weighted by Crippen LogP contribution is -2.58. The number of nitriles is 1. The molecule has 28 heavy (non-hydrogen) atoms. The zero-order valence-electron chi connectivity index (χ0n) is 17.9. The normalized spacial score (nSPS) is 21.0. The zero-order chi connectivity index (χ0) is 20.3. The third kappa shape index (κ3) is 3.89. The molecule has 0 unspecified atom stereocenters. The van der Waals surface area contributed by atoms with Crippen LogP contribution >= 0.6 is 0 Å².